The highest BCUT2D eigenvalue weighted by molar-refractivity contribution is 5.96. The van der Waals surface area contributed by atoms with Crippen LogP contribution < -0.4 is 11.1 Å². The monoisotopic (exact) mass is 305 g/mol. The van der Waals surface area contributed by atoms with E-state index in [1.807, 2.05) is 39.0 Å². The van der Waals surface area contributed by atoms with Gasteiger partial charge in [-0.25, -0.2) is 0 Å². The molecule has 0 aromatic heterocycles. The topological polar surface area (TPSA) is 75.4 Å². The van der Waals surface area contributed by atoms with Gasteiger partial charge >= 0.3 is 0 Å². The van der Waals surface area contributed by atoms with Crippen LogP contribution >= 0.6 is 0 Å². The second kappa shape index (κ2) is 7.40. The Bertz CT molecular complexity index is 553. The fourth-order valence-corrected chi connectivity index (χ4v) is 2.43. The lowest BCUT2D eigenvalue weighted by molar-refractivity contribution is -0.137. The third-order valence-electron chi connectivity index (χ3n) is 3.86. The van der Waals surface area contributed by atoms with Crippen molar-refractivity contribution in [3.05, 3.63) is 29.3 Å². The van der Waals surface area contributed by atoms with E-state index in [2.05, 4.69) is 5.32 Å². The van der Waals surface area contributed by atoms with E-state index in [1.54, 1.807) is 14.0 Å². The molecule has 5 nitrogen and oxygen atoms in total. The molecule has 1 aromatic carbocycles. The van der Waals surface area contributed by atoms with Gasteiger partial charge in [-0.2, -0.15) is 0 Å². The minimum Gasteiger partial charge on any atom is -0.335 e. The summed E-state index contributed by atoms with van der Waals surface area (Å²) in [5, 5.41) is 2.85. The molecule has 0 radical (unpaired) electrons. The third kappa shape index (κ3) is 4.56. The molecule has 22 heavy (non-hydrogen) atoms. The van der Waals surface area contributed by atoms with Crippen molar-refractivity contribution < 1.29 is 9.59 Å². The van der Waals surface area contributed by atoms with Gasteiger partial charge in [0.05, 0.1) is 12.1 Å². The van der Waals surface area contributed by atoms with Crippen molar-refractivity contribution in [1.82, 2.24) is 4.90 Å². The number of aryl methyl sites for hydroxylation is 1. The summed E-state index contributed by atoms with van der Waals surface area (Å²) in [6.07, 6.45) is 1.41. The maximum atomic E-state index is 12.3. The molecule has 0 aliphatic rings. The number of nitrogens with one attached hydrogen (secondary N) is 1. The van der Waals surface area contributed by atoms with Gasteiger partial charge in [-0.15, -0.1) is 0 Å². The average molecular weight is 305 g/mol. The molecule has 1 aromatic rings. The molecule has 0 aliphatic carbocycles. The number of carbonyl (C=O) groups excluding carboxylic acids is 2. The first-order chi connectivity index (χ1) is 10.2. The van der Waals surface area contributed by atoms with E-state index < -0.39 is 5.54 Å². The summed E-state index contributed by atoms with van der Waals surface area (Å²) in [4.78, 5) is 25.8. The number of benzene rings is 1. The average Bonchev–Trinajstić information content (AvgIpc) is 2.42. The fraction of sp³-hybridized carbons (Fsp3) is 0.529. The number of nitrogens with zero attached hydrogens (tertiary/aromatic N) is 1. The van der Waals surface area contributed by atoms with Crippen LogP contribution in [0.1, 0.15) is 37.8 Å². The minimum atomic E-state index is -0.928. The lowest BCUT2D eigenvalue weighted by Crippen LogP contribution is -2.53. The van der Waals surface area contributed by atoms with Crippen molar-refractivity contribution in [2.24, 2.45) is 5.73 Å². The molecule has 0 saturated heterocycles. The number of anilines is 1. The van der Waals surface area contributed by atoms with Crippen molar-refractivity contribution in [2.45, 2.75) is 46.1 Å². The smallest absolute Gasteiger partial charge is 0.243 e. The molecule has 5 heteroatoms. The number of hydrogen-bond donors (Lipinski definition) is 2. The minimum absolute atomic E-state index is 0.0112. The van der Waals surface area contributed by atoms with Crippen LogP contribution in [0.3, 0.4) is 0 Å². The summed E-state index contributed by atoms with van der Waals surface area (Å²) >= 11 is 0. The first kappa shape index (κ1) is 18.2. The Hall–Kier alpha value is -1.88. The van der Waals surface area contributed by atoms with E-state index in [0.29, 0.717) is 6.42 Å². The normalized spacial score (nSPS) is 13.4. The van der Waals surface area contributed by atoms with E-state index in [4.69, 9.17) is 5.73 Å². The second-order valence-electron chi connectivity index (χ2n) is 6.12. The van der Waals surface area contributed by atoms with Gasteiger partial charge in [-0.3, -0.25) is 9.59 Å². The molecule has 0 spiro atoms. The third-order valence-corrected chi connectivity index (χ3v) is 3.86. The highest BCUT2D eigenvalue weighted by atomic mass is 16.2. The first-order valence-corrected chi connectivity index (χ1v) is 7.59. The van der Waals surface area contributed by atoms with Crippen molar-refractivity contribution >= 4 is 17.5 Å². The predicted molar refractivity (Wildman–Crippen MR) is 89.7 cm³/mol. The van der Waals surface area contributed by atoms with Crippen molar-refractivity contribution in [1.29, 1.82) is 0 Å². The van der Waals surface area contributed by atoms with Gasteiger partial charge in [0, 0.05) is 12.7 Å². The maximum absolute atomic E-state index is 12.3. The van der Waals surface area contributed by atoms with Crippen LogP contribution in [0.5, 0.6) is 0 Å². The Labute approximate surface area is 132 Å². The van der Waals surface area contributed by atoms with Crippen LogP contribution in [0.2, 0.25) is 0 Å². The summed E-state index contributed by atoms with van der Waals surface area (Å²) < 4.78 is 0. The van der Waals surface area contributed by atoms with Crippen LogP contribution in [0, 0.1) is 13.8 Å². The van der Waals surface area contributed by atoms with Crippen LogP contribution in [0.4, 0.5) is 5.69 Å². The number of amides is 2. The summed E-state index contributed by atoms with van der Waals surface area (Å²) in [5.74, 6) is -0.442. The van der Waals surface area contributed by atoms with Gasteiger partial charge in [0.1, 0.15) is 0 Å². The Kier molecular flexibility index (Phi) is 6.11. The van der Waals surface area contributed by atoms with E-state index >= 15 is 0 Å². The van der Waals surface area contributed by atoms with Crippen LogP contribution in [-0.2, 0) is 9.59 Å². The molecule has 0 bridgehead atoms. The Morgan fingerprint density at radius 2 is 1.95 bits per heavy atom. The summed E-state index contributed by atoms with van der Waals surface area (Å²) in [5.41, 5.74) is 8.00. The number of carbonyl (C=O) groups is 2. The van der Waals surface area contributed by atoms with Gasteiger partial charge in [0.2, 0.25) is 11.8 Å². The van der Waals surface area contributed by atoms with Gasteiger partial charge < -0.3 is 16.0 Å². The fourth-order valence-electron chi connectivity index (χ4n) is 2.43. The molecular weight excluding hydrogens is 278 g/mol. The highest BCUT2D eigenvalue weighted by Crippen LogP contribution is 2.18. The van der Waals surface area contributed by atoms with Gasteiger partial charge in [-0.05, 0) is 44.4 Å². The molecule has 0 fully saturated rings. The van der Waals surface area contributed by atoms with Crippen LogP contribution in [0.25, 0.3) is 0 Å². The van der Waals surface area contributed by atoms with Crippen molar-refractivity contribution in [3.63, 3.8) is 0 Å². The quantitative estimate of drug-likeness (QED) is 0.846. The zero-order valence-corrected chi connectivity index (χ0v) is 14.2. The largest absolute Gasteiger partial charge is 0.335 e. The Morgan fingerprint density at radius 3 is 2.55 bits per heavy atom. The lowest BCUT2D eigenvalue weighted by atomic mass is 9.96. The zero-order valence-electron chi connectivity index (χ0n) is 14.2. The molecule has 2 amide bonds. The predicted octanol–water partition coefficient (Wildman–Crippen LogP) is 2.22. The van der Waals surface area contributed by atoms with Gasteiger partial charge in [0.15, 0.2) is 0 Å². The number of rotatable bonds is 6. The molecule has 0 saturated carbocycles. The van der Waals surface area contributed by atoms with E-state index in [-0.39, 0.29) is 18.4 Å². The highest BCUT2D eigenvalue weighted by Gasteiger charge is 2.30. The van der Waals surface area contributed by atoms with Gasteiger partial charge in [-0.1, -0.05) is 25.5 Å². The summed E-state index contributed by atoms with van der Waals surface area (Å²) in [7, 11) is 1.60. The molecular formula is C17H27N3O2. The van der Waals surface area contributed by atoms with E-state index in [1.165, 1.54) is 4.90 Å². The summed E-state index contributed by atoms with van der Waals surface area (Å²) in [6.45, 7) is 7.62. The molecule has 0 aliphatic heterocycles. The number of nitrogens with two attached hydrogens (primary N) is 1. The first-order valence-electron chi connectivity index (χ1n) is 7.59. The molecule has 1 atom stereocenters. The zero-order chi connectivity index (χ0) is 16.9. The van der Waals surface area contributed by atoms with Crippen molar-refractivity contribution in [2.75, 3.05) is 18.9 Å². The summed E-state index contributed by atoms with van der Waals surface area (Å²) in [6, 6.07) is 5.74. The second-order valence-corrected chi connectivity index (χ2v) is 6.12. The van der Waals surface area contributed by atoms with Crippen molar-refractivity contribution in [3.8, 4) is 0 Å². The SMILES string of the molecule is CCCC(C)(N)C(=O)N(C)CC(=O)Nc1cccc(C)c1C. The molecule has 1 rings (SSSR count). The maximum Gasteiger partial charge on any atom is 0.243 e. The van der Waals surface area contributed by atoms with Gasteiger partial charge in [0.25, 0.3) is 0 Å². The standard InChI is InChI=1S/C17H27N3O2/c1-6-10-17(4,18)16(22)20(5)11-15(21)19-14-9-7-8-12(2)13(14)3/h7-9H,6,10-11,18H2,1-5H3,(H,19,21). The Morgan fingerprint density at radius 1 is 1.32 bits per heavy atom. The lowest BCUT2D eigenvalue weighted by Gasteiger charge is -2.28. The van der Waals surface area contributed by atoms with E-state index in [9.17, 15) is 9.59 Å². The molecule has 3 N–H and O–H groups in total. The molecule has 1 unspecified atom stereocenters. The van der Waals surface area contributed by atoms with E-state index in [0.717, 1.165) is 23.2 Å². The van der Waals surface area contributed by atoms with Crippen LogP contribution in [-0.4, -0.2) is 35.8 Å². The van der Waals surface area contributed by atoms with Crippen LogP contribution in [0.15, 0.2) is 18.2 Å². The molecule has 122 valence electrons. The number of likely N-dealkylation sites (N-methyl/N-ethyl adjacent to an activating group) is 1. The molecule has 0 heterocycles. The number of hydrogen-bond acceptors (Lipinski definition) is 3. The Balaban J connectivity index is 2.69.